The van der Waals surface area contributed by atoms with Gasteiger partial charge in [0.05, 0.1) is 4.88 Å². The lowest BCUT2D eigenvalue weighted by molar-refractivity contribution is -0.139. The van der Waals surface area contributed by atoms with E-state index in [9.17, 15) is 4.79 Å². The van der Waals surface area contributed by atoms with E-state index in [1.165, 1.54) is 17.4 Å². The second-order valence-corrected chi connectivity index (χ2v) is 5.71. The Hall–Kier alpha value is -2.25. The number of carbonyl (C=O) groups is 1. The van der Waals surface area contributed by atoms with Crippen LogP contribution in [0.4, 0.5) is 0 Å². The highest BCUT2D eigenvalue weighted by Gasteiger charge is 2.10. The van der Waals surface area contributed by atoms with Crippen molar-refractivity contribution >= 4 is 34.7 Å². The van der Waals surface area contributed by atoms with Gasteiger partial charge in [0.1, 0.15) is 0 Å². The fourth-order valence-electron chi connectivity index (χ4n) is 1.53. The van der Waals surface area contributed by atoms with Crippen LogP contribution in [-0.2, 0) is 16.1 Å². The Morgan fingerprint density at radius 3 is 3.10 bits per heavy atom. The van der Waals surface area contributed by atoms with Gasteiger partial charge in [-0.1, -0.05) is 11.2 Å². The highest BCUT2D eigenvalue weighted by Crippen LogP contribution is 2.21. The molecule has 0 amide bonds. The molecule has 0 aliphatic heterocycles. The zero-order chi connectivity index (χ0) is 14.5. The van der Waals surface area contributed by atoms with Crippen molar-refractivity contribution in [3.05, 3.63) is 51.9 Å². The first kappa shape index (κ1) is 13.7. The van der Waals surface area contributed by atoms with E-state index in [2.05, 4.69) is 10.1 Å². The molecule has 0 radical (unpaired) electrons. The molecule has 0 N–H and O–H groups in total. The van der Waals surface area contributed by atoms with Crippen molar-refractivity contribution in [2.75, 3.05) is 0 Å². The summed E-state index contributed by atoms with van der Waals surface area (Å²) in [5.74, 6) is 0.331. The number of hydrogen-bond donors (Lipinski definition) is 0. The van der Waals surface area contributed by atoms with Crippen molar-refractivity contribution in [3.63, 3.8) is 0 Å². The lowest BCUT2D eigenvalue weighted by Gasteiger charge is -1.95. The number of hydrogen-bond acceptors (Lipinski definition) is 7. The van der Waals surface area contributed by atoms with Gasteiger partial charge in [0.25, 0.3) is 5.89 Å². The van der Waals surface area contributed by atoms with E-state index in [-0.39, 0.29) is 12.5 Å². The molecule has 0 saturated heterocycles. The van der Waals surface area contributed by atoms with E-state index in [1.54, 1.807) is 17.4 Å². The standard InChI is InChI=1S/C14H10N2O3S2/c17-13(4-3-10-5-7-20-9-10)18-8-12-15-14(16-19-12)11-2-1-6-21-11/h1-7,9H,8H2/b4-3+. The van der Waals surface area contributed by atoms with E-state index in [0.29, 0.717) is 5.82 Å². The van der Waals surface area contributed by atoms with E-state index in [4.69, 9.17) is 9.26 Å². The zero-order valence-corrected chi connectivity index (χ0v) is 12.4. The lowest BCUT2D eigenvalue weighted by Crippen LogP contribution is -2.00. The number of thiophene rings is 2. The minimum Gasteiger partial charge on any atom is -0.452 e. The van der Waals surface area contributed by atoms with Crippen LogP contribution in [0.5, 0.6) is 0 Å². The Kier molecular flexibility index (Phi) is 4.23. The van der Waals surface area contributed by atoms with Gasteiger partial charge in [0.15, 0.2) is 6.61 Å². The van der Waals surface area contributed by atoms with Gasteiger partial charge >= 0.3 is 5.97 Å². The molecule has 3 aromatic heterocycles. The number of esters is 1. The quantitative estimate of drug-likeness (QED) is 0.531. The first-order valence-corrected chi connectivity index (χ1v) is 7.87. The van der Waals surface area contributed by atoms with Crippen molar-refractivity contribution < 1.29 is 14.1 Å². The number of carbonyl (C=O) groups excluding carboxylic acids is 1. The molecule has 0 aliphatic carbocycles. The molecule has 0 bridgehead atoms. The molecule has 0 spiro atoms. The maximum Gasteiger partial charge on any atom is 0.331 e. The second-order valence-electron chi connectivity index (χ2n) is 3.99. The van der Waals surface area contributed by atoms with Gasteiger partial charge in [0, 0.05) is 6.08 Å². The molecular weight excluding hydrogens is 308 g/mol. The molecule has 0 aromatic carbocycles. The van der Waals surface area contributed by atoms with Gasteiger partial charge in [-0.2, -0.15) is 16.3 Å². The summed E-state index contributed by atoms with van der Waals surface area (Å²) >= 11 is 3.08. The third-order valence-electron chi connectivity index (χ3n) is 2.50. The third-order valence-corrected chi connectivity index (χ3v) is 4.07. The first-order valence-electron chi connectivity index (χ1n) is 6.05. The summed E-state index contributed by atoms with van der Waals surface area (Å²) < 4.78 is 10.1. The fraction of sp³-hybridized carbons (Fsp3) is 0.0714. The van der Waals surface area contributed by atoms with Crippen molar-refractivity contribution in [1.82, 2.24) is 10.1 Å². The van der Waals surface area contributed by atoms with Crippen molar-refractivity contribution in [3.8, 4) is 10.7 Å². The van der Waals surface area contributed by atoms with Gasteiger partial charge in [-0.25, -0.2) is 4.79 Å². The molecule has 3 heterocycles. The molecular formula is C14H10N2O3S2. The van der Waals surface area contributed by atoms with Gasteiger partial charge in [0.2, 0.25) is 5.82 Å². The number of ether oxygens (including phenoxy) is 1. The molecule has 0 aliphatic rings. The Bertz CT molecular complexity index is 730. The van der Waals surface area contributed by atoms with Gasteiger partial charge in [-0.15, -0.1) is 11.3 Å². The van der Waals surface area contributed by atoms with Crippen molar-refractivity contribution in [1.29, 1.82) is 0 Å². The van der Waals surface area contributed by atoms with Crippen LogP contribution in [0.25, 0.3) is 16.8 Å². The predicted octanol–water partition coefficient (Wildman–Crippen LogP) is 3.62. The van der Waals surface area contributed by atoms with E-state index in [1.807, 2.05) is 34.3 Å². The summed E-state index contributed by atoms with van der Waals surface area (Å²) in [6, 6.07) is 5.72. The Morgan fingerprint density at radius 1 is 1.38 bits per heavy atom. The number of nitrogens with zero attached hydrogens (tertiary/aromatic N) is 2. The largest absolute Gasteiger partial charge is 0.452 e. The van der Waals surface area contributed by atoms with Crippen LogP contribution in [0.3, 0.4) is 0 Å². The van der Waals surface area contributed by atoms with Crippen LogP contribution in [0.2, 0.25) is 0 Å². The molecule has 3 rings (SSSR count). The maximum atomic E-state index is 11.6. The highest BCUT2D eigenvalue weighted by molar-refractivity contribution is 7.13. The van der Waals surface area contributed by atoms with Crippen LogP contribution in [-0.4, -0.2) is 16.1 Å². The summed E-state index contributed by atoms with van der Waals surface area (Å²) in [5, 5.41) is 9.65. The molecule has 0 fully saturated rings. The van der Waals surface area contributed by atoms with Crippen LogP contribution in [0.15, 0.2) is 44.9 Å². The van der Waals surface area contributed by atoms with Crippen molar-refractivity contribution in [2.24, 2.45) is 0 Å². The molecule has 5 nitrogen and oxygen atoms in total. The van der Waals surface area contributed by atoms with E-state index in [0.717, 1.165) is 10.4 Å². The van der Waals surface area contributed by atoms with Gasteiger partial charge < -0.3 is 9.26 Å². The topological polar surface area (TPSA) is 65.2 Å². The Morgan fingerprint density at radius 2 is 2.33 bits per heavy atom. The summed E-state index contributed by atoms with van der Waals surface area (Å²) in [5.41, 5.74) is 0.967. The average molecular weight is 318 g/mol. The molecule has 7 heteroatoms. The fourth-order valence-corrected chi connectivity index (χ4v) is 2.81. The number of aromatic nitrogens is 2. The smallest absolute Gasteiger partial charge is 0.331 e. The summed E-state index contributed by atoms with van der Waals surface area (Å²) in [6.07, 6.45) is 3.07. The minimum absolute atomic E-state index is 0.0365. The van der Waals surface area contributed by atoms with Crippen LogP contribution in [0.1, 0.15) is 11.5 Å². The van der Waals surface area contributed by atoms with Crippen molar-refractivity contribution in [2.45, 2.75) is 6.61 Å². The monoisotopic (exact) mass is 318 g/mol. The average Bonchev–Trinajstić information content (AvgIpc) is 3.24. The second kappa shape index (κ2) is 6.47. The zero-order valence-electron chi connectivity index (χ0n) is 10.8. The Balaban J connectivity index is 1.54. The van der Waals surface area contributed by atoms with Gasteiger partial charge in [-0.3, -0.25) is 0 Å². The lowest BCUT2D eigenvalue weighted by atomic mass is 10.3. The normalized spacial score (nSPS) is 11.0. The van der Waals surface area contributed by atoms with Crippen LogP contribution >= 0.6 is 22.7 Å². The maximum absolute atomic E-state index is 11.6. The molecule has 21 heavy (non-hydrogen) atoms. The molecule has 3 aromatic rings. The molecule has 106 valence electrons. The molecule has 0 unspecified atom stereocenters. The highest BCUT2D eigenvalue weighted by atomic mass is 32.1. The van der Waals surface area contributed by atoms with E-state index >= 15 is 0 Å². The predicted molar refractivity (Wildman–Crippen MR) is 80.8 cm³/mol. The summed E-state index contributed by atoms with van der Waals surface area (Å²) in [7, 11) is 0. The Labute approximate surface area is 128 Å². The third kappa shape index (κ3) is 3.65. The summed E-state index contributed by atoms with van der Waals surface area (Å²) in [4.78, 5) is 16.6. The molecule has 0 saturated carbocycles. The first-order chi connectivity index (χ1) is 10.3. The van der Waals surface area contributed by atoms with Gasteiger partial charge in [-0.05, 0) is 39.9 Å². The minimum atomic E-state index is -0.447. The number of rotatable bonds is 5. The molecule has 0 atom stereocenters. The van der Waals surface area contributed by atoms with Crippen LogP contribution < -0.4 is 0 Å². The van der Waals surface area contributed by atoms with E-state index < -0.39 is 5.97 Å². The summed E-state index contributed by atoms with van der Waals surface area (Å²) in [6.45, 7) is -0.0365. The SMILES string of the molecule is O=C(/C=C/c1ccsc1)OCc1nc(-c2cccs2)no1. The van der Waals surface area contributed by atoms with Crippen LogP contribution in [0, 0.1) is 0 Å².